The number of ether oxygens (including phenoxy) is 1. The van der Waals surface area contributed by atoms with Gasteiger partial charge in [0.25, 0.3) is 0 Å². The number of hydrogen-bond donors (Lipinski definition) is 0. The van der Waals surface area contributed by atoms with Crippen molar-refractivity contribution in [3.05, 3.63) is 29.8 Å². The van der Waals surface area contributed by atoms with Crippen LogP contribution in [0.5, 0.6) is 5.75 Å². The molecule has 1 aromatic carbocycles. The van der Waals surface area contributed by atoms with E-state index in [1.54, 1.807) is 0 Å². The second-order valence-corrected chi connectivity index (χ2v) is 6.55. The van der Waals surface area contributed by atoms with Crippen molar-refractivity contribution in [3.63, 3.8) is 0 Å². The molecule has 0 N–H and O–H groups in total. The number of benzene rings is 1. The van der Waals surface area contributed by atoms with Crippen molar-refractivity contribution >= 4 is 5.91 Å². The summed E-state index contributed by atoms with van der Waals surface area (Å²) in [6.07, 6.45) is 0.598. The topological polar surface area (TPSA) is 56.6 Å². The molecule has 0 radical (unpaired) electrons. The Hall–Kier alpha value is -2.06. The molecule has 24 heavy (non-hydrogen) atoms. The molecule has 2 rings (SSSR count). The van der Waals surface area contributed by atoms with Gasteiger partial charge in [0.15, 0.2) is 0 Å². The van der Waals surface area contributed by atoms with Gasteiger partial charge in [0.2, 0.25) is 5.91 Å². The van der Waals surface area contributed by atoms with E-state index in [2.05, 4.69) is 24.8 Å². The molecule has 1 aliphatic heterocycles. The first-order valence-corrected chi connectivity index (χ1v) is 8.69. The van der Waals surface area contributed by atoms with E-state index in [0.717, 1.165) is 24.4 Å². The highest BCUT2D eigenvalue weighted by Gasteiger charge is 2.27. The fourth-order valence-electron chi connectivity index (χ4n) is 2.99. The summed E-state index contributed by atoms with van der Waals surface area (Å²) >= 11 is 0. The Balaban J connectivity index is 1.96. The fourth-order valence-corrected chi connectivity index (χ4v) is 2.99. The van der Waals surface area contributed by atoms with Crippen LogP contribution in [-0.2, 0) is 4.79 Å². The van der Waals surface area contributed by atoms with Crippen LogP contribution in [0.3, 0.4) is 0 Å². The van der Waals surface area contributed by atoms with Gasteiger partial charge in [0.05, 0.1) is 12.7 Å². The first kappa shape index (κ1) is 18.3. The first-order chi connectivity index (χ1) is 11.5. The molecule has 0 aromatic heterocycles. The van der Waals surface area contributed by atoms with E-state index in [-0.39, 0.29) is 11.9 Å². The lowest BCUT2D eigenvalue weighted by Gasteiger charge is -2.37. The molecule has 130 valence electrons. The molecule has 0 bridgehead atoms. The van der Waals surface area contributed by atoms with Crippen molar-refractivity contribution in [1.82, 2.24) is 9.80 Å². The number of nitriles is 1. The Kier molecular flexibility index (Phi) is 6.62. The van der Waals surface area contributed by atoms with Crippen LogP contribution < -0.4 is 4.74 Å². The molecule has 0 aliphatic carbocycles. The zero-order valence-electron chi connectivity index (χ0n) is 14.9. The molecule has 1 amide bonds. The number of carbonyl (C=O) groups excluding carboxylic acids is 1. The van der Waals surface area contributed by atoms with E-state index in [1.165, 1.54) is 0 Å². The van der Waals surface area contributed by atoms with Crippen LogP contribution >= 0.6 is 0 Å². The van der Waals surface area contributed by atoms with Gasteiger partial charge in [-0.15, -0.1) is 0 Å². The van der Waals surface area contributed by atoms with Gasteiger partial charge in [0, 0.05) is 32.6 Å². The number of rotatable bonds is 6. The summed E-state index contributed by atoms with van der Waals surface area (Å²) in [6, 6.07) is 9.85. The van der Waals surface area contributed by atoms with Crippen molar-refractivity contribution in [3.8, 4) is 11.8 Å². The maximum absolute atomic E-state index is 12.2. The molecule has 1 unspecified atom stereocenters. The summed E-state index contributed by atoms with van der Waals surface area (Å²) < 4.78 is 5.45. The highest BCUT2D eigenvalue weighted by molar-refractivity contribution is 5.76. The molecular formula is C19H27N3O2. The van der Waals surface area contributed by atoms with E-state index in [0.29, 0.717) is 32.0 Å². The minimum atomic E-state index is -0.275. The lowest BCUT2D eigenvalue weighted by atomic mass is 10.0. The molecule has 0 saturated carbocycles. The van der Waals surface area contributed by atoms with E-state index < -0.39 is 0 Å². The van der Waals surface area contributed by atoms with Crippen LogP contribution in [-0.4, -0.2) is 48.5 Å². The number of hydrogen-bond acceptors (Lipinski definition) is 4. The lowest BCUT2D eigenvalue weighted by Crippen LogP contribution is -2.49. The van der Waals surface area contributed by atoms with Gasteiger partial charge in [-0.3, -0.25) is 9.69 Å². The Morgan fingerprint density at radius 1 is 1.21 bits per heavy atom. The number of piperazine rings is 1. The van der Waals surface area contributed by atoms with E-state index in [9.17, 15) is 10.1 Å². The number of nitrogens with zero attached hydrogens (tertiary/aromatic N) is 3. The number of carbonyl (C=O) groups is 1. The second-order valence-electron chi connectivity index (χ2n) is 6.55. The van der Waals surface area contributed by atoms with Crippen LogP contribution in [0.2, 0.25) is 0 Å². The first-order valence-electron chi connectivity index (χ1n) is 8.69. The average Bonchev–Trinajstić information content (AvgIpc) is 2.57. The Morgan fingerprint density at radius 3 is 2.33 bits per heavy atom. The largest absolute Gasteiger partial charge is 0.494 e. The SMILES string of the molecule is CCOc1ccc(C(C#N)N2CCN(C(=O)CC(C)C)CC2)cc1. The Labute approximate surface area is 144 Å². The van der Waals surface area contributed by atoms with Crippen molar-refractivity contribution in [2.75, 3.05) is 32.8 Å². The van der Waals surface area contributed by atoms with E-state index >= 15 is 0 Å². The number of amides is 1. The van der Waals surface area contributed by atoms with Gasteiger partial charge >= 0.3 is 0 Å². The van der Waals surface area contributed by atoms with E-state index in [1.807, 2.05) is 36.1 Å². The minimum Gasteiger partial charge on any atom is -0.494 e. The molecule has 5 nitrogen and oxygen atoms in total. The van der Waals surface area contributed by atoms with Gasteiger partial charge in [-0.25, -0.2) is 0 Å². The molecular weight excluding hydrogens is 302 g/mol. The molecule has 1 fully saturated rings. The van der Waals surface area contributed by atoms with Crippen LogP contribution in [0.1, 0.15) is 38.8 Å². The zero-order valence-corrected chi connectivity index (χ0v) is 14.9. The summed E-state index contributed by atoms with van der Waals surface area (Å²) in [5.74, 6) is 1.42. The van der Waals surface area contributed by atoms with Crippen LogP contribution in [0.25, 0.3) is 0 Å². The standard InChI is InChI=1S/C19H27N3O2/c1-4-24-17-7-5-16(6-8-17)18(14-20)21-9-11-22(12-10-21)19(23)13-15(2)3/h5-8,15,18H,4,9-13H2,1-3H3. The molecule has 1 aliphatic rings. The fraction of sp³-hybridized carbons (Fsp3) is 0.579. The average molecular weight is 329 g/mol. The maximum Gasteiger partial charge on any atom is 0.222 e. The maximum atomic E-state index is 12.2. The van der Waals surface area contributed by atoms with Crippen LogP contribution in [0, 0.1) is 17.2 Å². The second kappa shape index (κ2) is 8.70. The molecule has 1 atom stereocenters. The molecule has 1 saturated heterocycles. The van der Waals surface area contributed by atoms with Crippen LogP contribution in [0.4, 0.5) is 0 Å². The van der Waals surface area contributed by atoms with Gasteiger partial charge in [-0.1, -0.05) is 26.0 Å². The van der Waals surface area contributed by atoms with Crippen LogP contribution in [0.15, 0.2) is 24.3 Å². The zero-order chi connectivity index (χ0) is 17.5. The van der Waals surface area contributed by atoms with Gasteiger partial charge in [-0.05, 0) is 30.5 Å². The molecule has 1 heterocycles. The lowest BCUT2D eigenvalue weighted by molar-refractivity contribution is -0.133. The smallest absolute Gasteiger partial charge is 0.222 e. The molecule has 5 heteroatoms. The highest BCUT2D eigenvalue weighted by Crippen LogP contribution is 2.24. The third-order valence-electron chi connectivity index (χ3n) is 4.24. The third-order valence-corrected chi connectivity index (χ3v) is 4.24. The summed E-state index contributed by atoms with van der Waals surface area (Å²) in [5, 5.41) is 9.59. The molecule has 1 aromatic rings. The Morgan fingerprint density at radius 2 is 1.83 bits per heavy atom. The van der Waals surface area contributed by atoms with Gasteiger partial charge < -0.3 is 9.64 Å². The van der Waals surface area contributed by atoms with Gasteiger partial charge in [0.1, 0.15) is 11.8 Å². The predicted molar refractivity (Wildman–Crippen MR) is 93.6 cm³/mol. The summed E-state index contributed by atoms with van der Waals surface area (Å²) in [7, 11) is 0. The van der Waals surface area contributed by atoms with Crippen molar-refractivity contribution in [2.24, 2.45) is 5.92 Å². The predicted octanol–water partition coefficient (Wildman–Crippen LogP) is 2.84. The van der Waals surface area contributed by atoms with Gasteiger partial charge in [-0.2, -0.15) is 5.26 Å². The summed E-state index contributed by atoms with van der Waals surface area (Å²) in [4.78, 5) is 16.2. The monoisotopic (exact) mass is 329 g/mol. The molecule has 0 spiro atoms. The van der Waals surface area contributed by atoms with Crippen molar-refractivity contribution in [2.45, 2.75) is 33.2 Å². The minimum absolute atomic E-state index is 0.222. The summed E-state index contributed by atoms with van der Waals surface area (Å²) in [6.45, 7) is 9.56. The Bertz CT molecular complexity index is 569. The quantitative estimate of drug-likeness (QED) is 0.805. The third kappa shape index (κ3) is 4.72. The van der Waals surface area contributed by atoms with E-state index in [4.69, 9.17) is 4.74 Å². The normalized spacial score (nSPS) is 16.7. The highest BCUT2D eigenvalue weighted by atomic mass is 16.5. The van der Waals surface area contributed by atoms with Crippen molar-refractivity contribution < 1.29 is 9.53 Å². The van der Waals surface area contributed by atoms with Crippen molar-refractivity contribution in [1.29, 1.82) is 5.26 Å². The summed E-state index contributed by atoms with van der Waals surface area (Å²) in [5.41, 5.74) is 0.975.